The first-order valence-electron chi connectivity index (χ1n) is 8.73. The first-order valence-corrected chi connectivity index (χ1v) is 9.52. The highest BCUT2D eigenvalue weighted by Gasteiger charge is 2.05. The summed E-state index contributed by atoms with van der Waals surface area (Å²) in [6.07, 6.45) is 6.54. The van der Waals surface area contributed by atoms with Gasteiger partial charge in [0.15, 0.2) is 0 Å². The predicted molar refractivity (Wildman–Crippen MR) is 108 cm³/mol. The number of benzene rings is 2. The second-order valence-electron chi connectivity index (χ2n) is 6.01. The smallest absolute Gasteiger partial charge is 0.330 e. The maximum atomic E-state index is 11.7. The van der Waals surface area contributed by atoms with E-state index >= 15 is 0 Å². The normalized spacial score (nSPS) is 11.0. The molecular weight excluding hydrogens is 406 g/mol. The Bertz CT molecular complexity index is 907. The Labute approximate surface area is 166 Å². The van der Waals surface area contributed by atoms with Crippen LogP contribution in [0.3, 0.4) is 0 Å². The first-order chi connectivity index (χ1) is 13.2. The molecule has 0 atom stereocenters. The lowest BCUT2D eigenvalue weighted by molar-refractivity contribution is -0.137. The Hall–Kier alpha value is -2.73. The van der Waals surface area contributed by atoms with Crippen LogP contribution in [-0.4, -0.2) is 27.6 Å². The molecule has 0 aliphatic rings. The van der Waals surface area contributed by atoms with Crippen molar-refractivity contribution in [2.45, 2.75) is 19.4 Å². The monoisotopic (exact) mass is 425 g/mol. The van der Waals surface area contributed by atoms with E-state index in [4.69, 9.17) is 4.74 Å². The molecule has 5 nitrogen and oxygen atoms in total. The van der Waals surface area contributed by atoms with E-state index in [2.05, 4.69) is 26.2 Å². The SMILES string of the molecule is O=C(/C=C/c1ccccc1)OCCCc1cn(Cc2ccccc2Br)nn1. The van der Waals surface area contributed by atoms with Crippen LogP contribution in [0.5, 0.6) is 0 Å². The molecule has 138 valence electrons. The highest BCUT2D eigenvalue weighted by molar-refractivity contribution is 9.10. The summed E-state index contributed by atoms with van der Waals surface area (Å²) in [6.45, 7) is 1.02. The van der Waals surface area contributed by atoms with Crippen molar-refractivity contribution in [1.82, 2.24) is 15.0 Å². The summed E-state index contributed by atoms with van der Waals surface area (Å²) in [5.74, 6) is -0.337. The molecule has 3 rings (SSSR count). The number of hydrogen-bond acceptors (Lipinski definition) is 4. The maximum absolute atomic E-state index is 11.7. The summed E-state index contributed by atoms with van der Waals surface area (Å²) < 4.78 is 8.08. The third-order valence-corrected chi connectivity index (χ3v) is 4.68. The van der Waals surface area contributed by atoms with Gasteiger partial charge in [-0.2, -0.15) is 0 Å². The maximum Gasteiger partial charge on any atom is 0.330 e. The van der Waals surface area contributed by atoms with Gasteiger partial charge in [-0.25, -0.2) is 9.48 Å². The van der Waals surface area contributed by atoms with Gasteiger partial charge in [-0.3, -0.25) is 0 Å². The largest absolute Gasteiger partial charge is 0.463 e. The Morgan fingerprint density at radius 1 is 1.11 bits per heavy atom. The van der Waals surface area contributed by atoms with Crippen LogP contribution < -0.4 is 0 Å². The van der Waals surface area contributed by atoms with Crippen LogP contribution in [0.15, 0.2) is 71.3 Å². The van der Waals surface area contributed by atoms with Gasteiger partial charge in [-0.05, 0) is 36.1 Å². The molecule has 0 amide bonds. The zero-order chi connectivity index (χ0) is 18.9. The predicted octanol–water partition coefficient (Wildman–Crippen LogP) is 4.28. The molecule has 3 aromatic rings. The second kappa shape index (κ2) is 9.83. The number of aromatic nitrogens is 3. The average Bonchev–Trinajstić information content (AvgIpc) is 3.14. The molecular formula is C21H20BrN3O2. The summed E-state index contributed by atoms with van der Waals surface area (Å²) >= 11 is 3.54. The fraction of sp³-hybridized carbons (Fsp3) is 0.190. The van der Waals surface area contributed by atoms with Crippen LogP contribution in [0.25, 0.3) is 6.08 Å². The van der Waals surface area contributed by atoms with Crippen LogP contribution in [0.1, 0.15) is 23.2 Å². The van der Waals surface area contributed by atoms with Crippen LogP contribution in [0, 0.1) is 0 Å². The molecule has 2 aromatic carbocycles. The standard InChI is InChI=1S/C21H20BrN3O2/c22-20-11-5-4-9-18(20)15-25-16-19(23-24-25)10-6-14-27-21(26)13-12-17-7-2-1-3-8-17/h1-5,7-9,11-13,16H,6,10,14-15H2/b13-12+. The third kappa shape index (κ3) is 6.18. The van der Waals surface area contributed by atoms with Gasteiger partial charge in [0, 0.05) is 16.7 Å². The number of hydrogen-bond donors (Lipinski definition) is 0. The van der Waals surface area contributed by atoms with E-state index in [1.807, 2.05) is 65.5 Å². The molecule has 0 saturated heterocycles. The van der Waals surface area contributed by atoms with Crippen molar-refractivity contribution in [1.29, 1.82) is 0 Å². The number of aryl methyl sites for hydroxylation is 1. The lowest BCUT2D eigenvalue weighted by atomic mass is 10.2. The molecule has 0 radical (unpaired) electrons. The van der Waals surface area contributed by atoms with E-state index < -0.39 is 0 Å². The van der Waals surface area contributed by atoms with Crippen molar-refractivity contribution in [2.24, 2.45) is 0 Å². The Morgan fingerprint density at radius 3 is 2.70 bits per heavy atom. The minimum Gasteiger partial charge on any atom is -0.463 e. The van der Waals surface area contributed by atoms with E-state index in [9.17, 15) is 4.79 Å². The van der Waals surface area contributed by atoms with Crippen LogP contribution in [-0.2, 0) is 22.5 Å². The van der Waals surface area contributed by atoms with E-state index in [1.165, 1.54) is 6.08 Å². The average molecular weight is 426 g/mol. The Kier molecular flexibility index (Phi) is 6.93. The van der Waals surface area contributed by atoms with Crippen LogP contribution >= 0.6 is 15.9 Å². The third-order valence-electron chi connectivity index (χ3n) is 3.91. The van der Waals surface area contributed by atoms with E-state index in [1.54, 1.807) is 6.08 Å². The minimum atomic E-state index is -0.337. The van der Waals surface area contributed by atoms with Gasteiger partial charge in [-0.15, -0.1) is 5.10 Å². The molecule has 0 N–H and O–H groups in total. The number of nitrogens with zero attached hydrogens (tertiary/aromatic N) is 3. The number of carbonyl (C=O) groups excluding carboxylic acids is 1. The topological polar surface area (TPSA) is 57.0 Å². The van der Waals surface area contributed by atoms with Gasteiger partial charge in [-0.1, -0.05) is 69.7 Å². The summed E-state index contributed by atoms with van der Waals surface area (Å²) in [5.41, 5.74) is 3.00. The molecule has 6 heteroatoms. The van der Waals surface area contributed by atoms with Gasteiger partial charge in [0.05, 0.1) is 18.8 Å². The van der Waals surface area contributed by atoms with Crippen molar-refractivity contribution in [2.75, 3.05) is 6.61 Å². The summed E-state index contributed by atoms with van der Waals surface area (Å²) in [5, 5.41) is 8.33. The lowest BCUT2D eigenvalue weighted by Gasteiger charge is -2.03. The van der Waals surface area contributed by atoms with Crippen molar-refractivity contribution < 1.29 is 9.53 Å². The molecule has 0 aliphatic carbocycles. The van der Waals surface area contributed by atoms with Crippen LogP contribution in [0.2, 0.25) is 0 Å². The molecule has 0 spiro atoms. The fourth-order valence-corrected chi connectivity index (χ4v) is 2.94. The van der Waals surface area contributed by atoms with Crippen molar-refractivity contribution in [3.63, 3.8) is 0 Å². The fourth-order valence-electron chi connectivity index (χ4n) is 2.53. The van der Waals surface area contributed by atoms with Crippen LogP contribution in [0.4, 0.5) is 0 Å². The van der Waals surface area contributed by atoms with Gasteiger partial charge in [0.1, 0.15) is 0 Å². The molecule has 0 fully saturated rings. The van der Waals surface area contributed by atoms with Gasteiger partial charge < -0.3 is 4.74 Å². The zero-order valence-corrected chi connectivity index (χ0v) is 16.4. The van der Waals surface area contributed by atoms with E-state index in [0.717, 1.165) is 21.3 Å². The van der Waals surface area contributed by atoms with E-state index in [0.29, 0.717) is 26.0 Å². The molecule has 1 heterocycles. The summed E-state index contributed by atoms with van der Waals surface area (Å²) in [4.78, 5) is 11.7. The Morgan fingerprint density at radius 2 is 1.89 bits per heavy atom. The number of esters is 1. The van der Waals surface area contributed by atoms with Gasteiger partial charge in [0.25, 0.3) is 0 Å². The molecule has 1 aromatic heterocycles. The zero-order valence-electron chi connectivity index (χ0n) is 14.8. The highest BCUT2D eigenvalue weighted by Crippen LogP contribution is 2.16. The van der Waals surface area contributed by atoms with Crippen molar-refractivity contribution >= 4 is 28.0 Å². The van der Waals surface area contributed by atoms with Crippen molar-refractivity contribution in [3.8, 4) is 0 Å². The number of halogens is 1. The summed E-state index contributed by atoms with van der Waals surface area (Å²) in [6, 6.07) is 17.7. The highest BCUT2D eigenvalue weighted by atomic mass is 79.9. The minimum absolute atomic E-state index is 0.337. The number of ether oxygens (including phenoxy) is 1. The Balaban J connectivity index is 1.39. The molecule has 0 aliphatic heterocycles. The quantitative estimate of drug-likeness (QED) is 0.307. The second-order valence-corrected chi connectivity index (χ2v) is 6.87. The summed E-state index contributed by atoms with van der Waals surface area (Å²) in [7, 11) is 0. The number of rotatable bonds is 8. The lowest BCUT2D eigenvalue weighted by Crippen LogP contribution is -2.03. The first kappa shape index (κ1) is 19.0. The van der Waals surface area contributed by atoms with Gasteiger partial charge in [0.2, 0.25) is 0 Å². The van der Waals surface area contributed by atoms with Gasteiger partial charge >= 0.3 is 5.97 Å². The van der Waals surface area contributed by atoms with Crippen molar-refractivity contribution in [3.05, 3.63) is 88.2 Å². The molecule has 27 heavy (non-hydrogen) atoms. The molecule has 0 unspecified atom stereocenters. The van der Waals surface area contributed by atoms with E-state index in [-0.39, 0.29) is 5.97 Å². The molecule has 0 bridgehead atoms. The molecule has 0 saturated carbocycles. The number of carbonyl (C=O) groups is 1.